The molecule has 0 unspecified atom stereocenters. The summed E-state index contributed by atoms with van der Waals surface area (Å²) in [5, 5.41) is 8.54. The summed E-state index contributed by atoms with van der Waals surface area (Å²) in [7, 11) is 1.82. The molecule has 1 saturated carbocycles. The van der Waals surface area contributed by atoms with Crippen molar-refractivity contribution in [2.45, 2.75) is 38.3 Å². The van der Waals surface area contributed by atoms with Crippen LogP contribution in [0.3, 0.4) is 0 Å². The van der Waals surface area contributed by atoms with Crippen LogP contribution in [0.1, 0.15) is 32.1 Å². The molecule has 3 nitrogen and oxygen atoms in total. The van der Waals surface area contributed by atoms with Crippen LogP contribution >= 0.6 is 0 Å². The second-order valence-corrected chi connectivity index (χ2v) is 5.17. The molecule has 0 aliphatic heterocycles. The van der Waals surface area contributed by atoms with Crippen LogP contribution in [0.4, 0.5) is 13.2 Å². The summed E-state index contributed by atoms with van der Waals surface area (Å²) in [6.45, 7) is 1.15. The standard InChI is InChI=1S/C12H20F3NO2/c1-16(7-6-11(17)18)8-9-2-4-10(5-3-9)12(13,14)15/h9-10H,2-8H2,1H3,(H,17,18). The summed E-state index contributed by atoms with van der Waals surface area (Å²) in [6.07, 6.45) is -2.39. The molecule has 0 bridgehead atoms. The number of nitrogens with zero attached hydrogens (tertiary/aromatic N) is 1. The third-order valence-electron chi connectivity index (χ3n) is 3.59. The minimum atomic E-state index is -4.06. The number of hydrogen-bond acceptors (Lipinski definition) is 2. The third-order valence-corrected chi connectivity index (χ3v) is 3.59. The number of aliphatic carboxylic acids is 1. The molecular formula is C12H20F3NO2. The van der Waals surface area contributed by atoms with E-state index in [1.165, 1.54) is 0 Å². The molecule has 106 valence electrons. The van der Waals surface area contributed by atoms with Crippen molar-refractivity contribution in [2.24, 2.45) is 11.8 Å². The van der Waals surface area contributed by atoms with Gasteiger partial charge in [-0.1, -0.05) is 0 Å². The maximum absolute atomic E-state index is 12.5. The van der Waals surface area contributed by atoms with Crippen molar-refractivity contribution in [2.75, 3.05) is 20.1 Å². The number of carboxylic acid groups (broad SMARTS) is 1. The minimum Gasteiger partial charge on any atom is -0.481 e. The fourth-order valence-electron chi connectivity index (χ4n) is 2.49. The number of hydrogen-bond donors (Lipinski definition) is 1. The summed E-state index contributed by atoms with van der Waals surface area (Å²) in [5.74, 6) is -1.72. The zero-order chi connectivity index (χ0) is 13.8. The molecule has 6 heteroatoms. The van der Waals surface area contributed by atoms with Gasteiger partial charge < -0.3 is 10.0 Å². The summed E-state index contributed by atoms with van der Waals surface area (Å²) < 4.78 is 37.4. The highest BCUT2D eigenvalue weighted by molar-refractivity contribution is 5.66. The lowest BCUT2D eigenvalue weighted by Crippen LogP contribution is -2.33. The molecule has 1 fully saturated rings. The van der Waals surface area contributed by atoms with E-state index in [0.717, 1.165) is 0 Å². The van der Waals surface area contributed by atoms with E-state index in [0.29, 0.717) is 25.9 Å². The van der Waals surface area contributed by atoms with Crippen molar-refractivity contribution in [1.29, 1.82) is 0 Å². The van der Waals surface area contributed by atoms with E-state index >= 15 is 0 Å². The summed E-state index contributed by atoms with van der Waals surface area (Å²) in [5.41, 5.74) is 0. The Hall–Kier alpha value is -0.780. The highest BCUT2D eigenvalue weighted by Gasteiger charge is 2.41. The molecule has 0 aromatic rings. The second-order valence-electron chi connectivity index (χ2n) is 5.17. The predicted octanol–water partition coefficient (Wildman–Crippen LogP) is 2.76. The zero-order valence-electron chi connectivity index (χ0n) is 10.5. The Balaban J connectivity index is 2.25. The van der Waals surface area contributed by atoms with Crippen LogP contribution in [-0.4, -0.2) is 42.3 Å². The van der Waals surface area contributed by atoms with Crippen LogP contribution in [0.15, 0.2) is 0 Å². The molecule has 1 N–H and O–H groups in total. The summed E-state index contributed by atoms with van der Waals surface area (Å²) in [4.78, 5) is 12.3. The van der Waals surface area contributed by atoms with Gasteiger partial charge >= 0.3 is 12.1 Å². The van der Waals surface area contributed by atoms with Gasteiger partial charge in [0, 0.05) is 13.1 Å². The molecule has 0 radical (unpaired) electrons. The first-order valence-electron chi connectivity index (χ1n) is 6.26. The lowest BCUT2D eigenvalue weighted by Gasteiger charge is -2.32. The van der Waals surface area contributed by atoms with E-state index in [2.05, 4.69) is 0 Å². The minimum absolute atomic E-state index is 0.0778. The Kier molecular flexibility index (Phi) is 5.44. The van der Waals surface area contributed by atoms with Gasteiger partial charge in [-0.05, 0) is 38.6 Å². The van der Waals surface area contributed by atoms with E-state index in [-0.39, 0.29) is 25.2 Å². The smallest absolute Gasteiger partial charge is 0.391 e. The van der Waals surface area contributed by atoms with Gasteiger partial charge in [-0.2, -0.15) is 13.2 Å². The molecule has 1 rings (SSSR count). The van der Waals surface area contributed by atoms with Gasteiger partial charge in [0.1, 0.15) is 0 Å². The molecular weight excluding hydrogens is 247 g/mol. The molecule has 0 heterocycles. The Morgan fingerprint density at radius 3 is 2.28 bits per heavy atom. The van der Waals surface area contributed by atoms with Crippen molar-refractivity contribution >= 4 is 5.97 Å². The van der Waals surface area contributed by atoms with Gasteiger partial charge in [0.15, 0.2) is 0 Å². The fraction of sp³-hybridized carbons (Fsp3) is 0.917. The highest BCUT2D eigenvalue weighted by Crippen LogP contribution is 2.39. The van der Waals surface area contributed by atoms with Crippen molar-refractivity contribution in [3.8, 4) is 0 Å². The number of alkyl halides is 3. The summed E-state index contributed by atoms with van der Waals surface area (Å²) in [6, 6.07) is 0. The van der Waals surface area contributed by atoms with Crippen molar-refractivity contribution < 1.29 is 23.1 Å². The average molecular weight is 267 g/mol. The first kappa shape index (κ1) is 15.3. The molecule has 1 aliphatic rings. The van der Waals surface area contributed by atoms with Crippen LogP contribution in [0.25, 0.3) is 0 Å². The Bertz CT molecular complexity index is 273. The average Bonchev–Trinajstić information content (AvgIpc) is 2.26. The van der Waals surface area contributed by atoms with Crippen LogP contribution in [0, 0.1) is 11.8 Å². The van der Waals surface area contributed by atoms with Gasteiger partial charge in [0.05, 0.1) is 12.3 Å². The van der Waals surface area contributed by atoms with Crippen molar-refractivity contribution in [3.05, 3.63) is 0 Å². The van der Waals surface area contributed by atoms with Gasteiger partial charge in [-0.15, -0.1) is 0 Å². The third kappa shape index (κ3) is 5.25. The predicted molar refractivity (Wildman–Crippen MR) is 61.3 cm³/mol. The largest absolute Gasteiger partial charge is 0.481 e. The first-order chi connectivity index (χ1) is 8.29. The maximum Gasteiger partial charge on any atom is 0.391 e. The Labute approximate surface area is 105 Å². The lowest BCUT2D eigenvalue weighted by molar-refractivity contribution is -0.184. The number of halogens is 3. The molecule has 0 spiro atoms. The molecule has 0 saturated heterocycles. The topological polar surface area (TPSA) is 40.5 Å². The molecule has 0 aromatic heterocycles. The molecule has 0 amide bonds. The van der Waals surface area contributed by atoms with E-state index in [1.54, 1.807) is 0 Å². The SMILES string of the molecule is CN(CCC(=O)O)CC1CCC(C(F)(F)F)CC1. The molecule has 18 heavy (non-hydrogen) atoms. The van der Waals surface area contributed by atoms with Gasteiger partial charge in [-0.25, -0.2) is 0 Å². The fourth-order valence-corrected chi connectivity index (χ4v) is 2.49. The van der Waals surface area contributed by atoms with Crippen LogP contribution in [0.5, 0.6) is 0 Å². The van der Waals surface area contributed by atoms with Gasteiger partial charge in [-0.3, -0.25) is 4.79 Å². The molecule has 0 atom stereocenters. The molecule has 1 aliphatic carbocycles. The summed E-state index contributed by atoms with van der Waals surface area (Å²) >= 11 is 0. The van der Waals surface area contributed by atoms with Gasteiger partial charge in [0.2, 0.25) is 0 Å². The Morgan fingerprint density at radius 2 is 1.83 bits per heavy atom. The van der Waals surface area contributed by atoms with Gasteiger partial charge in [0.25, 0.3) is 0 Å². The second kappa shape index (κ2) is 6.41. The van der Waals surface area contributed by atoms with E-state index in [4.69, 9.17) is 5.11 Å². The highest BCUT2D eigenvalue weighted by atomic mass is 19.4. The van der Waals surface area contributed by atoms with Crippen LogP contribution < -0.4 is 0 Å². The van der Waals surface area contributed by atoms with E-state index in [9.17, 15) is 18.0 Å². The van der Waals surface area contributed by atoms with Crippen LogP contribution in [-0.2, 0) is 4.79 Å². The van der Waals surface area contributed by atoms with Crippen molar-refractivity contribution in [1.82, 2.24) is 4.90 Å². The first-order valence-corrected chi connectivity index (χ1v) is 6.26. The number of carboxylic acids is 1. The monoisotopic (exact) mass is 267 g/mol. The van der Waals surface area contributed by atoms with E-state index < -0.39 is 18.1 Å². The zero-order valence-corrected chi connectivity index (χ0v) is 10.5. The quantitative estimate of drug-likeness (QED) is 0.832. The van der Waals surface area contributed by atoms with E-state index in [1.807, 2.05) is 11.9 Å². The van der Waals surface area contributed by atoms with Crippen molar-refractivity contribution in [3.63, 3.8) is 0 Å². The molecule has 0 aromatic carbocycles. The number of rotatable bonds is 5. The van der Waals surface area contributed by atoms with Crippen LogP contribution in [0.2, 0.25) is 0 Å². The maximum atomic E-state index is 12.5. The normalized spacial score (nSPS) is 25.4. The Morgan fingerprint density at radius 1 is 1.28 bits per heavy atom. The lowest BCUT2D eigenvalue weighted by atomic mass is 9.81. The number of carbonyl (C=O) groups is 1.